The summed E-state index contributed by atoms with van der Waals surface area (Å²) in [6, 6.07) is 11.4. The molecule has 2 aromatic carbocycles. The van der Waals surface area contributed by atoms with E-state index in [0.29, 0.717) is 17.5 Å². The third-order valence-electron chi connectivity index (χ3n) is 5.47. The fraction of sp³-hybridized carbons (Fsp3) is 0.320. The number of nitrogens with one attached hydrogen (secondary N) is 1. The minimum absolute atomic E-state index is 0.0161. The summed E-state index contributed by atoms with van der Waals surface area (Å²) >= 11 is 0.951. The van der Waals surface area contributed by atoms with Gasteiger partial charge in [0, 0.05) is 29.7 Å². The van der Waals surface area contributed by atoms with Crippen molar-refractivity contribution in [3.8, 4) is 11.8 Å². The molecule has 5 nitrogen and oxygen atoms in total. The number of carbonyl (C=O) groups is 1. The molecule has 1 aliphatic rings. The summed E-state index contributed by atoms with van der Waals surface area (Å²) in [5, 5.41) is 12.8. The van der Waals surface area contributed by atoms with Crippen LogP contribution in [0.2, 0.25) is 0 Å². The number of ether oxygens (including phenoxy) is 1. The van der Waals surface area contributed by atoms with Crippen molar-refractivity contribution in [3.63, 3.8) is 0 Å². The number of anilines is 1. The number of benzene rings is 2. The van der Waals surface area contributed by atoms with E-state index in [0.717, 1.165) is 23.9 Å². The van der Waals surface area contributed by atoms with Crippen molar-refractivity contribution < 1.29 is 31.5 Å². The maximum atomic E-state index is 14.9. The van der Waals surface area contributed by atoms with Gasteiger partial charge in [-0.15, -0.1) is 11.8 Å². The molecule has 11 heteroatoms. The van der Waals surface area contributed by atoms with E-state index in [1.54, 1.807) is 24.3 Å². The van der Waals surface area contributed by atoms with E-state index in [4.69, 9.17) is 4.74 Å². The van der Waals surface area contributed by atoms with Gasteiger partial charge in [0.05, 0.1) is 23.9 Å². The maximum Gasteiger partial charge on any atom is 0.389 e. The maximum absolute atomic E-state index is 14.9. The Bertz CT molecular complexity index is 1240. The number of amides is 1. The number of aliphatic imine (C=N–C) groups is 1. The van der Waals surface area contributed by atoms with Crippen LogP contribution in [0.1, 0.15) is 31.2 Å². The lowest BCUT2D eigenvalue weighted by molar-refractivity contribution is -0.134. The summed E-state index contributed by atoms with van der Waals surface area (Å²) in [5.41, 5.74) is 0.378. The topological polar surface area (TPSA) is 74.5 Å². The minimum atomic E-state index is -4.32. The zero-order valence-electron chi connectivity index (χ0n) is 19.3. The van der Waals surface area contributed by atoms with Gasteiger partial charge in [0.2, 0.25) is 0 Å². The van der Waals surface area contributed by atoms with Crippen LogP contribution in [0.4, 0.5) is 27.6 Å². The Kier molecular flexibility index (Phi) is 8.74. The Hall–Kier alpha value is -3.39. The van der Waals surface area contributed by atoms with Crippen LogP contribution in [-0.2, 0) is 4.79 Å². The largest absolute Gasteiger partial charge is 0.495 e. The van der Waals surface area contributed by atoms with Gasteiger partial charge in [-0.3, -0.25) is 4.79 Å². The smallest absolute Gasteiger partial charge is 0.389 e. The van der Waals surface area contributed by atoms with Crippen molar-refractivity contribution in [2.24, 2.45) is 10.9 Å². The van der Waals surface area contributed by atoms with Crippen LogP contribution in [0.3, 0.4) is 0 Å². The standard InChI is InChI=1S/C25H22F5N3O2S/c1-14-21(23(34)33-19-6-3-4-7-20(19)35-2)22(16-9-8-15(26)12-18(16)27)17(13-31)24(32-14)36-11-5-10-25(28,29)30/h3-4,6-9,12,17,22H,5,10-11H2,1-2H3,(H,33,34). The number of hydrogen-bond donors (Lipinski definition) is 1. The van der Waals surface area contributed by atoms with Crippen molar-refractivity contribution in [1.29, 1.82) is 5.26 Å². The summed E-state index contributed by atoms with van der Waals surface area (Å²) in [6.45, 7) is 1.50. The highest BCUT2D eigenvalue weighted by molar-refractivity contribution is 8.14. The molecule has 190 valence electrons. The van der Waals surface area contributed by atoms with Crippen LogP contribution in [0.15, 0.2) is 58.7 Å². The lowest BCUT2D eigenvalue weighted by atomic mass is 9.78. The molecule has 0 radical (unpaired) electrons. The third-order valence-corrected chi connectivity index (χ3v) is 6.60. The van der Waals surface area contributed by atoms with Gasteiger partial charge in [0.1, 0.15) is 23.3 Å². The van der Waals surface area contributed by atoms with Gasteiger partial charge in [0.15, 0.2) is 0 Å². The first-order valence-electron chi connectivity index (χ1n) is 10.8. The second kappa shape index (κ2) is 11.6. The number of alkyl halides is 3. The van der Waals surface area contributed by atoms with Crippen LogP contribution in [-0.4, -0.2) is 30.0 Å². The Morgan fingerprint density at radius 2 is 1.94 bits per heavy atom. The van der Waals surface area contributed by atoms with Crippen molar-refractivity contribution in [1.82, 2.24) is 0 Å². The zero-order valence-corrected chi connectivity index (χ0v) is 20.1. The van der Waals surface area contributed by atoms with Gasteiger partial charge in [-0.1, -0.05) is 18.2 Å². The molecular weight excluding hydrogens is 501 g/mol. The Morgan fingerprint density at radius 3 is 2.58 bits per heavy atom. The summed E-state index contributed by atoms with van der Waals surface area (Å²) < 4.78 is 71.4. The number of para-hydroxylation sites is 2. The van der Waals surface area contributed by atoms with Crippen LogP contribution in [0, 0.1) is 28.9 Å². The molecule has 1 heterocycles. The van der Waals surface area contributed by atoms with E-state index in [-0.39, 0.29) is 34.1 Å². The van der Waals surface area contributed by atoms with Crippen LogP contribution in [0.25, 0.3) is 0 Å². The van der Waals surface area contributed by atoms with E-state index in [1.807, 2.05) is 6.07 Å². The van der Waals surface area contributed by atoms with E-state index < -0.39 is 42.0 Å². The molecule has 1 N–H and O–H groups in total. The normalized spacial score (nSPS) is 17.9. The molecule has 0 fully saturated rings. The second-order valence-electron chi connectivity index (χ2n) is 7.92. The number of hydrogen-bond acceptors (Lipinski definition) is 5. The van der Waals surface area contributed by atoms with Gasteiger partial charge in [-0.05, 0) is 42.9 Å². The molecule has 2 atom stereocenters. The summed E-state index contributed by atoms with van der Waals surface area (Å²) in [7, 11) is 1.42. The lowest BCUT2D eigenvalue weighted by Crippen LogP contribution is -2.32. The van der Waals surface area contributed by atoms with Crippen LogP contribution >= 0.6 is 11.8 Å². The van der Waals surface area contributed by atoms with Gasteiger partial charge in [-0.25, -0.2) is 13.8 Å². The number of carbonyl (C=O) groups excluding carboxylic acids is 1. The summed E-state index contributed by atoms with van der Waals surface area (Å²) in [6.07, 6.45) is -5.52. The SMILES string of the molecule is COc1ccccc1NC(=O)C1=C(C)N=C(SCCCC(F)(F)F)C(C#N)C1c1ccc(F)cc1F. The zero-order chi connectivity index (χ0) is 26.5. The number of allylic oxidation sites excluding steroid dienone is 1. The molecule has 0 bridgehead atoms. The molecule has 1 amide bonds. The third kappa shape index (κ3) is 6.43. The molecule has 0 aliphatic carbocycles. The van der Waals surface area contributed by atoms with Gasteiger partial charge >= 0.3 is 6.18 Å². The van der Waals surface area contributed by atoms with Crippen molar-refractivity contribution in [2.45, 2.75) is 31.9 Å². The highest BCUT2D eigenvalue weighted by atomic mass is 32.2. The average molecular weight is 524 g/mol. The average Bonchev–Trinajstić information content (AvgIpc) is 2.81. The van der Waals surface area contributed by atoms with Crippen LogP contribution in [0.5, 0.6) is 5.75 Å². The summed E-state index contributed by atoms with van der Waals surface area (Å²) in [5.74, 6) is -4.43. The first-order valence-corrected chi connectivity index (χ1v) is 11.8. The number of methoxy groups -OCH3 is 1. The van der Waals surface area contributed by atoms with E-state index >= 15 is 0 Å². The molecule has 2 aromatic rings. The molecule has 3 rings (SSSR count). The molecular formula is C25H22F5N3O2S. The number of rotatable bonds is 7. The lowest BCUT2D eigenvalue weighted by Gasteiger charge is -2.30. The molecule has 36 heavy (non-hydrogen) atoms. The number of thioether (sulfide) groups is 1. The van der Waals surface area contributed by atoms with Crippen LogP contribution < -0.4 is 10.1 Å². The monoisotopic (exact) mass is 523 g/mol. The first kappa shape index (κ1) is 27.2. The predicted octanol–water partition coefficient (Wildman–Crippen LogP) is 6.60. The first-order chi connectivity index (χ1) is 17.1. The molecule has 0 spiro atoms. The quantitative estimate of drug-likeness (QED) is 0.328. The highest BCUT2D eigenvalue weighted by Gasteiger charge is 2.40. The predicted molar refractivity (Wildman–Crippen MR) is 128 cm³/mol. The van der Waals surface area contributed by atoms with Gasteiger partial charge < -0.3 is 10.1 Å². The molecule has 1 aliphatic heterocycles. The minimum Gasteiger partial charge on any atom is -0.495 e. The second-order valence-corrected chi connectivity index (χ2v) is 9.04. The van der Waals surface area contributed by atoms with E-state index in [9.17, 15) is 32.0 Å². The number of nitrogens with zero attached hydrogens (tertiary/aromatic N) is 2. The Balaban J connectivity index is 2.03. The van der Waals surface area contributed by atoms with Crippen molar-refractivity contribution in [3.05, 3.63) is 70.9 Å². The molecule has 0 saturated carbocycles. The molecule has 0 aromatic heterocycles. The number of nitriles is 1. The molecule has 0 saturated heterocycles. The van der Waals surface area contributed by atoms with Crippen molar-refractivity contribution in [2.75, 3.05) is 18.2 Å². The Labute approximate surface area is 209 Å². The van der Waals surface area contributed by atoms with Crippen molar-refractivity contribution >= 4 is 28.4 Å². The van der Waals surface area contributed by atoms with E-state index in [2.05, 4.69) is 10.3 Å². The fourth-order valence-electron chi connectivity index (χ4n) is 3.86. The number of halogens is 5. The summed E-state index contributed by atoms with van der Waals surface area (Å²) in [4.78, 5) is 17.8. The van der Waals surface area contributed by atoms with Gasteiger partial charge in [-0.2, -0.15) is 18.4 Å². The fourth-order valence-corrected chi connectivity index (χ4v) is 4.93. The van der Waals surface area contributed by atoms with Gasteiger partial charge in [0.25, 0.3) is 5.91 Å². The Morgan fingerprint density at radius 1 is 1.22 bits per heavy atom. The molecule has 2 unspecified atom stereocenters. The van der Waals surface area contributed by atoms with E-state index in [1.165, 1.54) is 14.0 Å². The highest BCUT2D eigenvalue weighted by Crippen LogP contribution is 2.43.